The second-order valence-corrected chi connectivity index (χ2v) is 4.06. The highest BCUT2D eigenvalue weighted by molar-refractivity contribution is 7.17. The average molecular weight is 226 g/mol. The molecule has 2 N–H and O–H groups in total. The van der Waals surface area contributed by atoms with E-state index in [1.807, 2.05) is 0 Å². The summed E-state index contributed by atoms with van der Waals surface area (Å²) in [6.07, 6.45) is 0. The normalized spacial score (nSPS) is 10.7. The van der Waals surface area contributed by atoms with Crippen molar-refractivity contribution in [1.82, 2.24) is 0 Å². The molecule has 78 valence electrons. The second-order valence-electron chi connectivity index (χ2n) is 3.02. The lowest BCUT2D eigenvalue weighted by atomic mass is 9.79. The third-order valence-corrected chi connectivity index (χ3v) is 3.02. The predicted octanol–water partition coefficient (Wildman–Crippen LogP) is 0.729. The van der Waals surface area contributed by atoms with E-state index >= 15 is 0 Å². The molecule has 0 spiro atoms. The minimum atomic E-state index is -1.62. The summed E-state index contributed by atoms with van der Waals surface area (Å²) in [4.78, 5) is 0. The Hall–Kier alpha value is -1.11. The van der Waals surface area contributed by atoms with Crippen LogP contribution in [0.25, 0.3) is 10.1 Å². The number of rotatable bonds is 2. The average Bonchev–Trinajstić information content (AvgIpc) is 2.55. The van der Waals surface area contributed by atoms with Gasteiger partial charge in [0.15, 0.2) is 5.13 Å². The van der Waals surface area contributed by atoms with Crippen molar-refractivity contribution >= 4 is 34.0 Å². The number of halogens is 1. The molecule has 0 radical (unpaired) electrons. The summed E-state index contributed by atoms with van der Waals surface area (Å²) in [6, 6.07) is 4.48. The highest BCUT2D eigenvalue weighted by atomic mass is 32.1. The van der Waals surface area contributed by atoms with Crippen LogP contribution in [0.1, 0.15) is 0 Å². The van der Waals surface area contributed by atoms with Gasteiger partial charge in [-0.15, -0.1) is 11.3 Å². The van der Waals surface area contributed by atoms with Crippen LogP contribution < -0.4 is 10.2 Å². The first-order chi connectivity index (χ1) is 7.13. The molecule has 0 bridgehead atoms. The molecule has 0 amide bonds. The van der Waals surface area contributed by atoms with E-state index in [4.69, 9.17) is 14.8 Å². The third kappa shape index (κ3) is 1.71. The van der Waals surface area contributed by atoms with Crippen LogP contribution in [-0.2, 0) is 0 Å². The van der Waals surface area contributed by atoms with Crippen molar-refractivity contribution < 1.29 is 19.2 Å². The number of hydrogen-bond donors (Lipinski definition) is 2. The number of fused-ring (bicyclic) bond motifs is 1. The van der Waals surface area contributed by atoms with Gasteiger partial charge >= 0.3 is 7.12 Å². The number of methoxy groups -OCH3 is 1. The molecule has 0 fully saturated rings. The van der Waals surface area contributed by atoms with E-state index in [2.05, 4.69) is 0 Å². The van der Waals surface area contributed by atoms with E-state index in [9.17, 15) is 4.39 Å². The van der Waals surface area contributed by atoms with Crippen molar-refractivity contribution in [3.8, 4) is 5.75 Å². The molecule has 0 saturated carbocycles. The summed E-state index contributed by atoms with van der Waals surface area (Å²) < 4.78 is 18.8. The van der Waals surface area contributed by atoms with Crippen molar-refractivity contribution in [2.45, 2.75) is 0 Å². The van der Waals surface area contributed by atoms with Gasteiger partial charge in [0, 0.05) is 15.5 Å². The quantitative estimate of drug-likeness (QED) is 0.742. The van der Waals surface area contributed by atoms with Gasteiger partial charge in [0.05, 0.1) is 7.11 Å². The molecule has 0 aliphatic rings. The van der Waals surface area contributed by atoms with Crippen molar-refractivity contribution in [2.75, 3.05) is 7.11 Å². The summed E-state index contributed by atoms with van der Waals surface area (Å²) in [7, 11) is -0.205. The Morgan fingerprint density at radius 3 is 2.73 bits per heavy atom. The molecule has 0 unspecified atom stereocenters. The lowest BCUT2D eigenvalue weighted by molar-refractivity contribution is 0.406. The molecule has 1 aromatic heterocycles. The first-order valence-corrected chi connectivity index (χ1v) is 5.07. The molecule has 1 heterocycles. The predicted molar refractivity (Wildman–Crippen MR) is 58.2 cm³/mol. The summed E-state index contributed by atoms with van der Waals surface area (Å²) in [5, 5.41) is 18.4. The van der Waals surface area contributed by atoms with E-state index in [1.165, 1.54) is 19.2 Å². The van der Waals surface area contributed by atoms with Crippen LogP contribution >= 0.6 is 11.3 Å². The van der Waals surface area contributed by atoms with E-state index in [0.717, 1.165) is 11.3 Å². The maximum Gasteiger partial charge on any atom is 0.492 e. The fraction of sp³-hybridized carbons (Fsp3) is 0.111. The van der Waals surface area contributed by atoms with E-state index in [1.54, 1.807) is 6.07 Å². The van der Waals surface area contributed by atoms with Crippen LogP contribution in [0.3, 0.4) is 0 Å². The Bertz CT molecular complexity index is 497. The summed E-state index contributed by atoms with van der Waals surface area (Å²) >= 11 is 0.992. The topological polar surface area (TPSA) is 49.7 Å². The standard InChI is InChI=1S/C9H8BFO3S/c1-14-9-5-4-8(11)15-7(5)3-2-6(9)10(12)13/h2-4,12-13H,1H3. The van der Waals surface area contributed by atoms with Crippen LogP contribution in [-0.4, -0.2) is 24.3 Å². The largest absolute Gasteiger partial charge is 0.496 e. The van der Waals surface area contributed by atoms with Gasteiger partial charge in [0.25, 0.3) is 0 Å². The Balaban J connectivity index is 2.74. The lowest BCUT2D eigenvalue weighted by Gasteiger charge is -2.08. The van der Waals surface area contributed by atoms with Gasteiger partial charge in [-0.1, -0.05) is 6.07 Å². The van der Waals surface area contributed by atoms with Gasteiger partial charge in [-0.3, -0.25) is 0 Å². The highest BCUT2D eigenvalue weighted by Crippen LogP contribution is 2.30. The Morgan fingerprint density at radius 2 is 2.13 bits per heavy atom. The van der Waals surface area contributed by atoms with E-state index in [-0.39, 0.29) is 10.6 Å². The van der Waals surface area contributed by atoms with Gasteiger partial charge in [-0.2, -0.15) is 4.39 Å². The Morgan fingerprint density at radius 1 is 1.40 bits per heavy atom. The molecule has 2 aromatic rings. The van der Waals surface area contributed by atoms with Crippen LogP contribution in [0, 0.1) is 5.13 Å². The van der Waals surface area contributed by atoms with Crippen molar-refractivity contribution in [3.05, 3.63) is 23.3 Å². The van der Waals surface area contributed by atoms with Gasteiger partial charge < -0.3 is 14.8 Å². The molecular weight excluding hydrogens is 218 g/mol. The Labute approximate surface area is 89.9 Å². The molecule has 1 aromatic carbocycles. The third-order valence-electron chi connectivity index (χ3n) is 2.13. The molecule has 0 saturated heterocycles. The number of benzene rings is 1. The highest BCUT2D eigenvalue weighted by Gasteiger charge is 2.20. The first kappa shape index (κ1) is 10.4. The van der Waals surface area contributed by atoms with E-state index < -0.39 is 7.12 Å². The fourth-order valence-corrected chi connectivity index (χ4v) is 2.29. The molecule has 15 heavy (non-hydrogen) atoms. The molecule has 0 aliphatic carbocycles. The van der Waals surface area contributed by atoms with Crippen LogP contribution in [0.2, 0.25) is 0 Å². The van der Waals surface area contributed by atoms with E-state index in [0.29, 0.717) is 15.8 Å². The minimum Gasteiger partial charge on any atom is -0.496 e. The fourth-order valence-electron chi connectivity index (χ4n) is 1.50. The van der Waals surface area contributed by atoms with Crippen molar-refractivity contribution in [1.29, 1.82) is 0 Å². The zero-order valence-corrected chi connectivity index (χ0v) is 8.71. The zero-order valence-electron chi connectivity index (χ0n) is 7.90. The van der Waals surface area contributed by atoms with Gasteiger partial charge in [0.2, 0.25) is 0 Å². The van der Waals surface area contributed by atoms with Crippen molar-refractivity contribution in [2.24, 2.45) is 0 Å². The Kier molecular flexibility index (Phi) is 2.64. The monoisotopic (exact) mass is 226 g/mol. The SMILES string of the molecule is COc1c(B(O)O)ccc2sc(F)cc12. The molecule has 2 rings (SSSR count). The molecule has 0 aliphatic heterocycles. The van der Waals surface area contributed by atoms with Crippen molar-refractivity contribution in [3.63, 3.8) is 0 Å². The van der Waals surface area contributed by atoms with Gasteiger partial charge in [0.1, 0.15) is 5.75 Å². The minimum absolute atomic E-state index is 0.239. The molecule has 0 atom stereocenters. The molecule has 6 heteroatoms. The van der Waals surface area contributed by atoms with Crippen LogP contribution in [0.15, 0.2) is 18.2 Å². The summed E-state index contributed by atoms with van der Waals surface area (Å²) in [5.41, 5.74) is 0.239. The lowest BCUT2D eigenvalue weighted by Crippen LogP contribution is -2.31. The second kappa shape index (κ2) is 3.81. The van der Waals surface area contributed by atoms with Crippen LogP contribution in [0.4, 0.5) is 4.39 Å². The number of thiophene rings is 1. The summed E-state index contributed by atoms with van der Waals surface area (Å²) in [5.74, 6) is 0.308. The molecular formula is C9H8BFO3S. The maximum atomic E-state index is 13.0. The van der Waals surface area contributed by atoms with Gasteiger partial charge in [-0.05, 0) is 12.1 Å². The van der Waals surface area contributed by atoms with Crippen LogP contribution in [0.5, 0.6) is 5.75 Å². The van der Waals surface area contributed by atoms with Gasteiger partial charge in [-0.25, -0.2) is 0 Å². The smallest absolute Gasteiger partial charge is 0.492 e. The first-order valence-electron chi connectivity index (χ1n) is 4.25. The number of hydrogen-bond acceptors (Lipinski definition) is 4. The zero-order chi connectivity index (χ0) is 11.0. The maximum absolute atomic E-state index is 13.0. The number of ether oxygens (including phenoxy) is 1. The molecule has 3 nitrogen and oxygen atoms in total. The summed E-state index contributed by atoms with van der Waals surface area (Å²) in [6.45, 7) is 0.